The largest absolute Gasteiger partial charge is 0.361 e. The number of rotatable bonds is 2. The predicted molar refractivity (Wildman–Crippen MR) is 65.4 cm³/mol. The molecule has 0 aliphatic heterocycles. The van der Waals surface area contributed by atoms with Crippen molar-refractivity contribution in [3.05, 3.63) is 46.3 Å². The molecule has 0 aliphatic carbocycles. The fraction of sp³-hybridized carbons (Fsp3) is 0.0833. The van der Waals surface area contributed by atoms with Gasteiger partial charge in [0.25, 0.3) is 5.91 Å². The lowest BCUT2D eigenvalue weighted by atomic mass is 10.2. The van der Waals surface area contributed by atoms with Gasteiger partial charge in [-0.2, -0.15) is 5.26 Å². The van der Waals surface area contributed by atoms with E-state index in [4.69, 9.17) is 21.4 Å². The van der Waals surface area contributed by atoms with E-state index in [2.05, 4.69) is 10.5 Å². The molecular formula is C12H8ClN3O2. The van der Waals surface area contributed by atoms with Crippen LogP contribution in [0, 0.1) is 18.3 Å². The molecule has 0 saturated heterocycles. The quantitative estimate of drug-likeness (QED) is 0.901. The van der Waals surface area contributed by atoms with Gasteiger partial charge in [-0.25, -0.2) is 0 Å². The van der Waals surface area contributed by atoms with Crippen molar-refractivity contribution in [2.75, 3.05) is 5.32 Å². The van der Waals surface area contributed by atoms with Crippen LogP contribution in [0.1, 0.15) is 21.8 Å². The summed E-state index contributed by atoms with van der Waals surface area (Å²) in [6.45, 7) is 1.69. The van der Waals surface area contributed by atoms with Gasteiger partial charge in [0.15, 0.2) is 5.69 Å². The number of nitrogens with zero attached hydrogens (tertiary/aromatic N) is 2. The number of anilines is 1. The molecule has 0 unspecified atom stereocenters. The highest BCUT2D eigenvalue weighted by Crippen LogP contribution is 2.23. The van der Waals surface area contributed by atoms with E-state index in [0.29, 0.717) is 22.0 Å². The summed E-state index contributed by atoms with van der Waals surface area (Å²) in [5.41, 5.74) is 0.929. The van der Waals surface area contributed by atoms with Gasteiger partial charge in [-0.15, -0.1) is 0 Å². The minimum atomic E-state index is -0.441. The van der Waals surface area contributed by atoms with Crippen LogP contribution in [0.4, 0.5) is 5.69 Å². The van der Waals surface area contributed by atoms with Crippen LogP contribution in [0.25, 0.3) is 0 Å². The number of hydrogen-bond acceptors (Lipinski definition) is 4. The Morgan fingerprint density at radius 2 is 2.28 bits per heavy atom. The van der Waals surface area contributed by atoms with Gasteiger partial charge in [0.2, 0.25) is 0 Å². The number of carbonyl (C=O) groups is 1. The first-order valence-electron chi connectivity index (χ1n) is 5.04. The van der Waals surface area contributed by atoms with Crippen LogP contribution in [-0.2, 0) is 0 Å². The molecule has 0 atom stereocenters. The first-order chi connectivity index (χ1) is 8.60. The van der Waals surface area contributed by atoms with Gasteiger partial charge >= 0.3 is 0 Å². The summed E-state index contributed by atoms with van der Waals surface area (Å²) in [6, 6.07) is 8.09. The number of aromatic nitrogens is 1. The number of aryl methyl sites for hydroxylation is 1. The van der Waals surface area contributed by atoms with E-state index in [1.165, 1.54) is 12.1 Å². The summed E-state index contributed by atoms with van der Waals surface area (Å²) >= 11 is 5.92. The van der Waals surface area contributed by atoms with Gasteiger partial charge in [-0.05, 0) is 25.1 Å². The van der Waals surface area contributed by atoms with E-state index >= 15 is 0 Å². The molecule has 1 aromatic heterocycles. The Morgan fingerprint density at radius 1 is 1.50 bits per heavy atom. The van der Waals surface area contributed by atoms with Crippen LogP contribution in [-0.4, -0.2) is 11.1 Å². The van der Waals surface area contributed by atoms with Crippen molar-refractivity contribution in [3.8, 4) is 6.07 Å². The van der Waals surface area contributed by atoms with Crippen molar-refractivity contribution in [3.63, 3.8) is 0 Å². The number of nitriles is 1. The second-order valence-electron chi connectivity index (χ2n) is 3.58. The summed E-state index contributed by atoms with van der Waals surface area (Å²) in [7, 11) is 0. The Bertz CT molecular complexity index is 643. The maximum atomic E-state index is 11.8. The number of halogens is 1. The van der Waals surface area contributed by atoms with Crippen molar-refractivity contribution >= 4 is 23.2 Å². The first-order valence-corrected chi connectivity index (χ1v) is 5.42. The van der Waals surface area contributed by atoms with Crippen molar-refractivity contribution in [1.29, 1.82) is 5.26 Å². The highest BCUT2D eigenvalue weighted by atomic mass is 35.5. The van der Waals surface area contributed by atoms with Crippen LogP contribution in [0.5, 0.6) is 0 Å². The fourth-order valence-electron chi connectivity index (χ4n) is 1.35. The monoisotopic (exact) mass is 261 g/mol. The van der Waals surface area contributed by atoms with Crippen molar-refractivity contribution in [2.24, 2.45) is 0 Å². The molecule has 1 aromatic carbocycles. The third kappa shape index (κ3) is 2.50. The first kappa shape index (κ1) is 12.1. The molecule has 0 radical (unpaired) electrons. The Balaban J connectivity index is 2.24. The van der Waals surface area contributed by atoms with Crippen LogP contribution in [0.15, 0.2) is 28.8 Å². The summed E-state index contributed by atoms with van der Waals surface area (Å²) < 4.78 is 4.80. The van der Waals surface area contributed by atoms with E-state index in [0.717, 1.165) is 0 Å². The normalized spacial score (nSPS) is 9.83. The van der Waals surface area contributed by atoms with E-state index in [1.807, 2.05) is 6.07 Å². The molecule has 0 bridgehead atoms. The Morgan fingerprint density at radius 3 is 2.89 bits per heavy atom. The van der Waals surface area contributed by atoms with E-state index in [1.54, 1.807) is 19.1 Å². The van der Waals surface area contributed by atoms with Gasteiger partial charge in [-0.3, -0.25) is 4.79 Å². The summed E-state index contributed by atoms with van der Waals surface area (Å²) in [4.78, 5) is 11.8. The van der Waals surface area contributed by atoms with Crippen molar-refractivity contribution in [1.82, 2.24) is 5.16 Å². The summed E-state index contributed by atoms with van der Waals surface area (Å²) in [5, 5.41) is 15.3. The highest BCUT2D eigenvalue weighted by Gasteiger charge is 2.13. The average molecular weight is 262 g/mol. The maximum Gasteiger partial charge on any atom is 0.277 e. The third-order valence-corrected chi connectivity index (χ3v) is 2.53. The standard InChI is InChI=1S/C12H8ClN3O2/c1-7-4-11(16-18-7)12(17)15-10-5-8(6-14)2-3-9(10)13/h2-5H,1H3,(H,15,17). The lowest BCUT2D eigenvalue weighted by Crippen LogP contribution is -2.12. The predicted octanol–water partition coefficient (Wildman–Crippen LogP) is 2.76. The molecule has 0 aliphatic rings. The molecule has 0 saturated carbocycles. The zero-order valence-electron chi connectivity index (χ0n) is 9.40. The molecule has 2 aromatic rings. The van der Waals surface area contributed by atoms with Gasteiger partial charge in [0.05, 0.1) is 22.3 Å². The second kappa shape index (κ2) is 4.90. The Kier molecular flexibility index (Phi) is 3.31. The third-order valence-electron chi connectivity index (χ3n) is 2.20. The number of hydrogen-bond donors (Lipinski definition) is 1. The molecule has 5 nitrogen and oxygen atoms in total. The van der Waals surface area contributed by atoms with E-state index in [9.17, 15) is 4.79 Å². The van der Waals surface area contributed by atoms with Gasteiger partial charge in [0.1, 0.15) is 5.76 Å². The van der Waals surface area contributed by atoms with Gasteiger partial charge < -0.3 is 9.84 Å². The molecule has 1 amide bonds. The minimum Gasteiger partial charge on any atom is -0.361 e. The lowest BCUT2D eigenvalue weighted by Gasteiger charge is -2.05. The van der Waals surface area contributed by atoms with Crippen LogP contribution in [0.3, 0.4) is 0 Å². The van der Waals surface area contributed by atoms with Crippen LogP contribution >= 0.6 is 11.6 Å². The minimum absolute atomic E-state index is 0.158. The number of benzene rings is 1. The Labute approximate surface area is 108 Å². The lowest BCUT2D eigenvalue weighted by molar-refractivity contribution is 0.101. The number of nitrogens with one attached hydrogen (secondary N) is 1. The molecule has 0 spiro atoms. The van der Waals surface area contributed by atoms with E-state index in [-0.39, 0.29) is 5.69 Å². The number of amides is 1. The van der Waals surface area contributed by atoms with E-state index < -0.39 is 5.91 Å². The Hall–Kier alpha value is -2.32. The van der Waals surface area contributed by atoms with Crippen molar-refractivity contribution < 1.29 is 9.32 Å². The molecule has 0 fully saturated rings. The molecule has 1 heterocycles. The fourth-order valence-corrected chi connectivity index (χ4v) is 1.52. The smallest absolute Gasteiger partial charge is 0.277 e. The average Bonchev–Trinajstić information content (AvgIpc) is 2.79. The zero-order chi connectivity index (χ0) is 13.1. The van der Waals surface area contributed by atoms with Crippen LogP contribution in [0.2, 0.25) is 5.02 Å². The molecule has 6 heteroatoms. The SMILES string of the molecule is Cc1cc(C(=O)Nc2cc(C#N)ccc2Cl)no1. The summed E-state index contributed by atoms with van der Waals surface area (Å²) in [5.74, 6) is 0.0980. The highest BCUT2D eigenvalue weighted by molar-refractivity contribution is 6.33. The van der Waals surface area contributed by atoms with Crippen molar-refractivity contribution in [2.45, 2.75) is 6.92 Å². The molecule has 2 rings (SSSR count). The molecule has 18 heavy (non-hydrogen) atoms. The zero-order valence-corrected chi connectivity index (χ0v) is 10.2. The van der Waals surface area contributed by atoms with Gasteiger partial charge in [-0.1, -0.05) is 16.8 Å². The summed E-state index contributed by atoms with van der Waals surface area (Å²) in [6.07, 6.45) is 0. The molecule has 1 N–H and O–H groups in total. The second-order valence-corrected chi connectivity index (χ2v) is 3.99. The molecule has 90 valence electrons. The topological polar surface area (TPSA) is 78.9 Å². The maximum absolute atomic E-state index is 11.8. The van der Waals surface area contributed by atoms with Crippen LogP contribution < -0.4 is 5.32 Å². The molecular weight excluding hydrogens is 254 g/mol. The van der Waals surface area contributed by atoms with Gasteiger partial charge in [0, 0.05) is 6.07 Å². The number of carbonyl (C=O) groups excluding carboxylic acids is 1.